The Kier molecular flexibility index (Phi) is 12.0. The number of ether oxygens (including phenoxy) is 2. The molecule has 0 aromatic heterocycles. The number of morpholine rings is 1. The molecule has 6 nitrogen and oxygen atoms in total. The van der Waals surface area contributed by atoms with E-state index >= 15 is 0 Å². The SMILES string of the molecule is CCNC(=NCC(C)CN1CCOCC1)N1CCC(OCC)CC1.I. The molecule has 2 heterocycles. The maximum atomic E-state index is 5.75. The number of nitrogens with one attached hydrogen (secondary N) is 1. The van der Waals surface area contributed by atoms with Gasteiger partial charge in [-0.25, -0.2) is 0 Å². The summed E-state index contributed by atoms with van der Waals surface area (Å²) in [7, 11) is 0. The van der Waals surface area contributed by atoms with E-state index in [-0.39, 0.29) is 24.0 Å². The second kappa shape index (κ2) is 13.1. The van der Waals surface area contributed by atoms with Crippen LogP contribution in [-0.2, 0) is 9.47 Å². The lowest BCUT2D eigenvalue weighted by Gasteiger charge is -2.34. The second-order valence-electron chi connectivity index (χ2n) is 6.85. The molecule has 2 aliphatic heterocycles. The van der Waals surface area contributed by atoms with E-state index in [1.54, 1.807) is 0 Å². The molecule has 0 amide bonds. The summed E-state index contributed by atoms with van der Waals surface area (Å²) in [5.74, 6) is 1.64. The fraction of sp³-hybridized carbons (Fsp3) is 0.944. The van der Waals surface area contributed by atoms with Crippen LogP contribution in [0.4, 0.5) is 0 Å². The van der Waals surface area contributed by atoms with Crippen LogP contribution in [0.1, 0.15) is 33.6 Å². The Balaban J connectivity index is 0.00000312. The highest BCUT2D eigenvalue weighted by atomic mass is 127. The molecule has 0 aromatic rings. The van der Waals surface area contributed by atoms with Gasteiger partial charge in [0.25, 0.3) is 0 Å². The summed E-state index contributed by atoms with van der Waals surface area (Å²) in [6, 6.07) is 0. The zero-order valence-corrected chi connectivity index (χ0v) is 18.5. The van der Waals surface area contributed by atoms with Crippen molar-refractivity contribution in [3.8, 4) is 0 Å². The summed E-state index contributed by atoms with van der Waals surface area (Å²) in [4.78, 5) is 9.79. The van der Waals surface area contributed by atoms with Crippen molar-refractivity contribution in [3.63, 3.8) is 0 Å². The number of hydrogen-bond acceptors (Lipinski definition) is 4. The van der Waals surface area contributed by atoms with Crippen molar-refractivity contribution in [2.24, 2.45) is 10.9 Å². The monoisotopic (exact) mass is 468 g/mol. The van der Waals surface area contributed by atoms with Crippen LogP contribution in [0.15, 0.2) is 4.99 Å². The molecule has 7 heteroatoms. The summed E-state index contributed by atoms with van der Waals surface area (Å²) in [6.07, 6.45) is 2.62. The summed E-state index contributed by atoms with van der Waals surface area (Å²) >= 11 is 0. The van der Waals surface area contributed by atoms with Crippen molar-refractivity contribution < 1.29 is 9.47 Å². The third-order valence-electron chi connectivity index (χ3n) is 4.71. The number of hydrogen-bond donors (Lipinski definition) is 1. The van der Waals surface area contributed by atoms with E-state index in [2.05, 4.69) is 35.9 Å². The molecule has 0 aliphatic carbocycles. The predicted octanol–water partition coefficient (Wildman–Crippen LogP) is 2.04. The lowest BCUT2D eigenvalue weighted by molar-refractivity contribution is 0.0262. The largest absolute Gasteiger partial charge is 0.379 e. The molecule has 25 heavy (non-hydrogen) atoms. The number of likely N-dealkylation sites (tertiary alicyclic amines) is 1. The lowest BCUT2D eigenvalue weighted by atomic mass is 10.1. The van der Waals surface area contributed by atoms with Crippen molar-refractivity contribution in [1.29, 1.82) is 0 Å². The molecule has 1 atom stereocenters. The molecule has 2 saturated heterocycles. The van der Waals surface area contributed by atoms with Crippen molar-refractivity contribution in [2.75, 3.05) is 65.6 Å². The Hall–Kier alpha value is -0.120. The first-order valence-electron chi connectivity index (χ1n) is 9.67. The number of rotatable bonds is 7. The van der Waals surface area contributed by atoms with E-state index in [1.165, 1.54) is 0 Å². The normalized spacial score (nSPS) is 21.7. The molecule has 0 spiro atoms. The van der Waals surface area contributed by atoms with Crippen molar-refractivity contribution in [3.05, 3.63) is 0 Å². The first-order chi connectivity index (χ1) is 11.7. The van der Waals surface area contributed by atoms with E-state index in [1.807, 2.05) is 0 Å². The van der Waals surface area contributed by atoms with E-state index < -0.39 is 0 Å². The third kappa shape index (κ3) is 8.41. The van der Waals surface area contributed by atoms with Gasteiger partial charge in [0, 0.05) is 52.4 Å². The molecule has 0 bridgehead atoms. The Morgan fingerprint density at radius 1 is 1.20 bits per heavy atom. The summed E-state index contributed by atoms with van der Waals surface area (Å²) < 4.78 is 11.2. The van der Waals surface area contributed by atoms with Gasteiger partial charge in [-0.05, 0) is 32.6 Å². The van der Waals surface area contributed by atoms with Gasteiger partial charge in [-0.1, -0.05) is 6.92 Å². The molecule has 0 radical (unpaired) electrons. The first-order valence-corrected chi connectivity index (χ1v) is 9.67. The summed E-state index contributed by atoms with van der Waals surface area (Å²) in [6.45, 7) is 16.2. The van der Waals surface area contributed by atoms with Gasteiger partial charge in [-0.15, -0.1) is 24.0 Å². The zero-order valence-electron chi connectivity index (χ0n) is 16.2. The van der Waals surface area contributed by atoms with Gasteiger partial charge in [0.1, 0.15) is 0 Å². The van der Waals surface area contributed by atoms with Crippen LogP contribution in [0.2, 0.25) is 0 Å². The Morgan fingerprint density at radius 3 is 2.48 bits per heavy atom. The minimum Gasteiger partial charge on any atom is -0.379 e. The molecule has 1 N–H and O–H groups in total. The lowest BCUT2D eigenvalue weighted by Crippen LogP contribution is -2.47. The number of guanidine groups is 1. The minimum absolute atomic E-state index is 0. The van der Waals surface area contributed by atoms with Gasteiger partial charge in [-0.2, -0.15) is 0 Å². The van der Waals surface area contributed by atoms with Crippen LogP contribution in [0.3, 0.4) is 0 Å². The highest BCUT2D eigenvalue weighted by molar-refractivity contribution is 14.0. The average Bonchev–Trinajstić information content (AvgIpc) is 2.60. The predicted molar refractivity (Wildman–Crippen MR) is 114 cm³/mol. The number of piperidine rings is 1. The highest BCUT2D eigenvalue weighted by Gasteiger charge is 2.22. The topological polar surface area (TPSA) is 49.3 Å². The first kappa shape index (κ1) is 22.9. The Morgan fingerprint density at radius 2 is 1.88 bits per heavy atom. The van der Waals surface area contributed by atoms with Gasteiger partial charge in [0.15, 0.2) is 5.96 Å². The average molecular weight is 468 g/mol. The fourth-order valence-corrected chi connectivity index (χ4v) is 3.42. The number of aliphatic imine (C=N–C) groups is 1. The Labute approximate surface area is 170 Å². The van der Waals surface area contributed by atoms with Crippen molar-refractivity contribution >= 4 is 29.9 Å². The standard InChI is InChI=1S/C18H36N4O2.HI/c1-4-19-18(22-8-6-17(7-9-22)24-5-2)20-14-16(3)15-21-10-12-23-13-11-21;/h16-17H,4-15H2,1-3H3,(H,19,20);1H. The van der Waals surface area contributed by atoms with Crippen molar-refractivity contribution in [2.45, 2.75) is 39.7 Å². The molecule has 148 valence electrons. The van der Waals surface area contributed by atoms with E-state index in [0.717, 1.165) is 84.4 Å². The van der Waals surface area contributed by atoms with Gasteiger partial charge >= 0.3 is 0 Å². The fourth-order valence-electron chi connectivity index (χ4n) is 3.42. The maximum Gasteiger partial charge on any atom is 0.193 e. The van der Waals surface area contributed by atoms with E-state index in [0.29, 0.717) is 12.0 Å². The maximum absolute atomic E-state index is 5.75. The highest BCUT2D eigenvalue weighted by Crippen LogP contribution is 2.14. The zero-order chi connectivity index (χ0) is 17.2. The van der Waals surface area contributed by atoms with Crippen LogP contribution in [-0.4, -0.2) is 87.5 Å². The van der Waals surface area contributed by atoms with Crippen LogP contribution >= 0.6 is 24.0 Å². The van der Waals surface area contributed by atoms with E-state index in [9.17, 15) is 0 Å². The second-order valence-corrected chi connectivity index (χ2v) is 6.85. The van der Waals surface area contributed by atoms with Gasteiger partial charge < -0.3 is 19.7 Å². The van der Waals surface area contributed by atoms with Crippen molar-refractivity contribution in [1.82, 2.24) is 15.1 Å². The molecule has 2 aliphatic rings. The molecule has 0 saturated carbocycles. The molecule has 1 unspecified atom stereocenters. The van der Waals surface area contributed by atoms with Crippen LogP contribution in [0.25, 0.3) is 0 Å². The molecule has 0 aromatic carbocycles. The quantitative estimate of drug-likeness (QED) is 0.352. The van der Waals surface area contributed by atoms with Gasteiger partial charge in [0.2, 0.25) is 0 Å². The smallest absolute Gasteiger partial charge is 0.193 e. The molecule has 2 rings (SSSR count). The Bertz CT molecular complexity index is 370. The van der Waals surface area contributed by atoms with Gasteiger partial charge in [-0.3, -0.25) is 9.89 Å². The number of nitrogens with zero attached hydrogens (tertiary/aromatic N) is 3. The molecular weight excluding hydrogens is 431 g/mol. The molecular formula is C18H37IN4O2. The minimum atomic E-state index is 0. The van der Waals surface area contributed by atoms with Gasteiger partial charge in [0.05, 0.1) is 19.3 Å². The van der Waals surface area contributed by atoms with Crippen LogP contribution < -0.4 is 5.32 Å². The van der Waals surface area contributed by atoms with Crippen LogP contribution in [0, 0.1) is 5.92 Å². The number of halogens is 1. The molecule has 2 fully saturated rings. The summed E-state index contributed by atoms with van der Waals surface area (Å²) in [5.41, 5.74) is 0. The third-order valence-corrected chi connectivity index (χ3v) is 4.71. The summed E-state index contributed by atoms with van der Waals surface area (Å²) in [5, 5.41) is 3.46. The van der Waals surface area contributed by atoms with E-state index in [4.69, 9.17) is 14.5 Å². The van der Waals surface area contributed by atoms with Crippen LogP contribution in [0.5, 0.6) is 0 Å².